The Labute approximate surface area is 172 Å². The van der Waals surface area contributed by atoms with Crippen LogP contribution >= 0.6 is 11.6 Å². The van der Waals surface area contributed by atoms with Crippen molar-refractivity contribution in [3.63, 3.8) is 0 Å². The van der Waals surface area contributed by atoms with E-state index in [0.717, 1.165) is 12.8 Å². The number of likely N-dealkylation sites (tertiary alicyclic amines) is 1. The number of amides is 1. The molecule has 0 spiro atoms. The van der Waals surface area contributed by atoms with Gasteiger partial charge in [-0.2, -0.15) is 0 Å². The van der Waals surface area contributed by atoms with E-state index in [2.05, 4.69) is 4.98 Å². The number of ether oxygens (including phenoxy) is 2. The first-order chi connectivity index (χ1) is 14.0. The van der Waals surface area contributed by atoms with Crippen LogP contribution in [0.3, 0.4) is 0 Å². The van der Waals surface area contributed by atoms with Gasteiger partial charge in [-0.25, -0.2) is 9.37 Å². The van der Waals surface area contributed by atoms with E-state index in [4.69, 9.17) is 21.1 Å². The van der Waals surface area contributed by atoms with E-state index in [1.54, 1.807) is 17.0 Å². The van der Waals surface area contributed by atoms with Crippen LogP contribution < -0.4 is 9.47 Å². The molecule has 3 heterocycles. The summed E-state index contributed by atoms with van der Waals surface area (Å²) >= 11 is 5.99. The van der Waals surface area contributed by atoms with Crippen LogP contribution in [0, 0.1) is 11.7 Å². The van der Waals surface area contributed by atoms with Crippen molar-refractivity contribution < 1.29 is 23.5 Å². The van der Waals surface area contributed by atoms with Gasteiger partial charge in [0.2, 0.25) is 5.88 Å². The Kier molecular flexibility index (Phi) is 5.67. The molecule has 29 heavy (non-hydrogen) atoms. The SMILES string of the molecule is O=C1COc2ncc(C(=O)N3CCC(COc4c(F)cccc4Cl)CC3)cc2C1. The fourth-order valence-electron chi connectivity index (χ4n) is 3.59. The van der Waals surface area contributed by atoms with Gasteiger partial charge >= 0.3 is 0 Å². The van der Waals surface area contributed by atoms with E-state index in [0.29, 0.717) is 36.7 Å². The summed E-state index contributed by atoms with van der Waals surface area (Å²) < 4.78 is 24.7. The predicted molar refractivity (Wildman–Crippen MR) is 104 cm³/mol. The zero-order chi connectivity index (χ0) is 20.4. The fourth-order valence-corrected chi connectivity index (χ4v) is 3.81. The van der Waals surface area contributed by atoms with Gasteiger partial charge in [-0.15, -0.1) is 0 Å². The monoisotopic (exact) mass is 418 g/mol. The van der Waals surface area contributed by atoms with Crippen molar-refractivity contribution in [3.8, 4) is 11.6 Å². The van der Waals surface area contributed by atoms with Gasteiger partial charge in [0.1, 0.15) is 6.61 Å². The predicted octanol–water partition coefficient (Wildman–Crippen LogP) is 3.31. The summed E-state index contributed by atoms with van der Waals surface area (Å²) in [6, 6.07) is 6.13. The topological polar surface area (TPSA) is 68.7 Å². The normalized spacial score (nSPS) is 16.9. The summed E-state index contributed by atoms with van der Waals surface area (Å²) in [6.07, 6.45) is 3.23. The van der Waals surface area contributed by atoms with Crippen LogP contribution in [-0.4, -0.2) is 47.9 Å². The zero-order valence-electron chi connectivity index (χ0n) is 15.7. The number of halogens is 2. The molecule has 2 aliphatic heterocycles. The molecule has 1 fully saturated rings. The summed E-state index contributed by atoms with van der Waals surface area (Å²) in [7, 11) is 0. The minimum absolute atomic E-state index is 0.0281. The highest BCUT2D eigenvalue weighted by molar-refractivity contribution is 6.32. The fraction of sp³-hybridized carbons (Fsp3) is 0.381. The number of aromatic nitrogens is 1. The molecule has 1 aromatic carbocycles. The van der Waals surface area contributed by atoms with Crippen LogP contribution in [0.5, 0.6) is 11.6 Å². The molecule has 6 nitrogen and oxygen atoms in total. The first-order valence-electron chi connectivity index (χ1n) is 9.51. The number of pyridine rings is 1. The second-order valence-corrected chi connectivity index (χ2v) is 7.70. The first-order valence-corrected chi connectivity index (χ1v) is 9.88. The second-order valence-electron chi connectivity index (χ2n) is 7.29. The lowest BCUT2D eigenvalue weighted by Gasteiger charge is -2.32. The lowest BCUT2D eigenvalue weighted by molar-refractivity contribution is -0.121. The van der Waals surface area contributed by atoms with Crippen LogP contribution in [0.15, 0.2) is 30.5 Å². The Hall–Kier alpha value is -2.67. The largest absolute Gasteiger partial charge is 0.489 e. The van der Waals surface area contributed by atoms with Crippen molar-refractivity contribution in [2.24, 2.45) is 5.92 Å². The number of ketones is 1. The van der Waals surface area contributed by atoms with Crippen molar-refractivity contribution in [1.29, 1.82) is 0 Å². The molecule has 8 heteroatoms. The highest BCUT2D eigenvalue weighted by Gasteiger charge is 2.26. The minimum Gasteiger partial charge on any atom is -0.489 e. The van der Waals surface area contributed by atoms with Crippen molar-refractivity contribution in [1.82, 2.24) is 9.88 Å². The Bertz CT molecular complexity index is 924. The summed E-state index contributed by atoms with van der Waals surface area (Å²) in [4.78, 5) is 30.3. The molecule has 2 aromatic rings. The molecule has 2 aliphatic rings. The van der Waals surface area contributed by atoms with Crippen molar-refractivity contribution in [3.05, 3.63) is 52.4 Å². The van der Waals surface area contributed by atoms with Gasteiger partial charge in [-0.05, 0) is 37.0 Å². The standard InChI is InChI=1S/C21H20ClFN2O4/c22-17-2-1-3-18(23)19(17)28-11-13-4-6-25(7-5-13)21(27)15-8-14-9-16(26)12-29-20(14)24-10-15/h1-3,8,10,13H,4-7,9,11-12H2. The summed E-state index contributed by atoms with van der Waals surface area (Å²) in [5.74, 6) is 0.0813. The van der Waals surface area contributed by atoms with Gasteiger partial charge in [0.05, 0.1) is 17.2 Å². The maximum absolute atomic E-state index is 13.8. The molecule has 0 N–H and O–H groups in total. The van der Waals surface area contributed by atoms with Gasteiger partial charge < -0.3 is 14.4 Å². The number of para-hydroxylation sites is 1. The lowest BCUT2D eigenvalue weighted by Crippen LogP contribution is -2.39. The quantitative estimate of drug-likeness (QED) is 0.762. The molecular formula is C21H20ClFN2O4. The minimum atomic E-state index is -0.479. The van der Waals surface area contributed by atoms with Crippen LogP contribution in [0.2, 0.25) is 5.02 Å². The van der Waals surface area contributed by atoms with E-state index in [1.807, 2.05) is 0 Å². The summed E-state index contributed by atoms with van der Waals surface area (Å²) in [5, 5.41) is 0.250. The smallest absolute Gasteiger partial charge is 0.255 e. The Morgan fingerprint density at radius 1 is 1.34 bits per heavy atom. The van der Waals surface area contributed by atoms with Gasteiger partial charge in [0, 0.05) is 31.3 Å². The molecule has 0 bridgehead atoms. The van der Waals surface area contributed by atoms with Crippen molar-refractivity contribution >= 4 is 23.3 Å². The number of hydrogen-bond donors (Lipinski definition) is 0. The van der Waals surface area contributed by atoms with Crippen LogP contribution in [-0.2, 0) is 11.2 Å². The maximum atomic E-state index is 13.8. The second kappa shape index (κ2) is 8.37. The average molecular weight is 419 g/mol. The highest BCUT2D eigenvalue weighted by Crippen LogP contribution is 2.29. The van der Waals surface area contributed by atoms with Crippen LogP contribution in [0.25, 0.3) is 0 Å². The van der Waals surface area contributed by atoms with E-state index in [-0.39, 0.29) is 41.4 Å². The molecule has 1 amide bonds. The molecule has 0 atom stereocenters. The average Bonchev–Trinajstić information content (AvgIpc) is 2.73. The number of fused-ring (bicyclic) bond motifs is 1. The van der Waals surface area contributed by atoms with Crippen molar-refractivity contribution in [2.75, 3.05) is 26.3 Å². The third kappa shape index (κ3) is 4.34. The number of carbonyl (C=O) groups is 2. The molecule has 4 rings (SSSR count). The number of rotatable bonds is 4. The molecule has 1 saturated heterocycles. The number of hydrogen-bond acceptors (Lipinski definition) is 5. The van der Waals surface area contributed by atoms with E-state index in [9.17, 15) is 14.0 Å². The highest BCUT2D eigenvalue weighted by atomic mass is 35.5. The Morgan fingerprint density at radius 2 is 2.14 bits per heavy atom. The number of carbonyl (C=O) groups excluding carboxylic acids is 2. The van der Waals surface area contributed by atoms with Crippen LogP contribution in [0.4, 0.5) is 4.39 Å². The van der Waals surface area contributed by atoms with E-state index in [1.165, 1.54) is 18.3 Å². The number of Topliss-reactive ketones (excluding diaryl/α,β-unsaturated/α-hetero) is 1. The van der Waals surface area contributed by atoms with Gasteiger partial charge in [0.15, 0.2) is 17.3 Å². The number of piperidine rings is 1. The van der Waals surface area contributed by atoms with E-state index >= 15 is 0 Å². The molecule has 152 valence electrons. The number of benzene rings is 1. The van der Waals surface area contributed by atoms with Gasteiger partial charge in [-0.1, -0.05) is 17.7 Å². The van der Waals surface area contributed by atoms with Crippen molar-refractivity contribution in [2.45, 2.75) is 19.3 Å². The Morgan fingerprint density at radius 3 is 2.90 bits per heavy atom. The van der Waals surface area contributed by atoms with Gasteiger partial charge in [0.25, 0.3) is 5.91 Å². The zero-order valence-corrected chi connectivity index (χ0v) is 16.5. The first kappa shape index (κ1) is 19.6. The lowest BCUT2D eigenvalue weighted by atomic mass is 9.97. The molecule has 0 unspecified atom stereocenters. The molecule has 0 aliphatic carbocycles. The number of nitrogens with zero attached hydrogens (tertiary/aromatic N) is 2. The molecular weight excluding hydrogens is 399 g/mol. The third-order valence-electron chi connectivity index (χ3n) is 5.21. The molecule has 0 saturated carbocycles. The molecule has 0 radical (unpaired) electrons. The summed E-state index contributed by atoms with van der Waals surface area (Å²) in [6.45, 7) is 1.53. The van der Waals surface area contributed by atoms with E-state index < -0.39 is 5.82 Å². The van der Waals surface area contributed by atoms with Gasteiger partial charge in [-0.3, -0.25) is 9.59 Å². The maximum Gasteiger partial charge on any atom is 0.255 e. The molecule has 1 aromatic heterocycles. The Balaban J connectivity index is 1.33. The van der Waals surface area contributed by atoms with Crippen LogP contribution in [0.1, 0.15) is 28.8 Å². The third-order valence-corrected chi connectivity index (χ3v) is 5.51. The summed E-state index contributed by atoms with van der Waals surface area (Å²) in [5.41, 5.74) is 1.10.